The average molecular weight is 663 g/mol. The van der Waals surface area contributed by atoms with E-state index >= 15 is 0 Å². The average Bonchev–Trinajstić information content (AvgIpc) is 3.05. The fraction of sp³-hybridized carbons (Fsp3) is 0.382. The number of hydrogen-bond acceptors (Lipinski definition) is 13. The number of methoxy groups -OCH3 is 1. The summed E-state index contributed by atoms with van der Waals surface area (Å²) in [6, 6.07) is 9.72. The summed E-state index contributed by atoms with van der Waals surface area (Å²) in [6.07, 6.45) is -4.90. The first-order valence-corrected chi connectivity index (χ1v) is 15.3. The number of fused-ring (bicyclic) bond motifs is 3. The molecule has 0 saturated carbocycles. The van der Waals surface area contributed by atoms with Crippen molar-refractivity contribution in [2.45, 2.75) is 75.9 Å². The summed E-state index contributed by atoms with van der Waals surface area (Å²) >= 11 is 0. The number of nitro benzene ring substituents is 1. The van der Waals surface area contributed by atoms with Crippen LogP contribution in [0.15, 0.2) is 42.5 Å². The number of aliphatic hydroxyl groups excluding tert-OH is 1. The highest BCUT2D eigenvalue weighted by Crippen LogP contribution is 2.52. The van der Waals surface area contributed by atoms with Crippen molar-refractivity contribution >= 4 is 23.0 Å². The van der Waals surface area contributed by atoms with Gasteiger partial charge < -0.3 is 40.0 Å². The first-order chi connectivity index (χ1) is 22.7. The second-order valence-electron chi connectivity index (χ2n) is 12.4. The van der Waals surface area contributed by atoms with E-state index in [-0.39, 0.29) is 53.1 Å². The van der Waals surface area contributed by atoms with Crippen LogP contribution in [0.1, 0.15) is 81.3 Å². The third-order valence-electron chi connectivity index (χ3n) is 9.47. The van der Waals surface area contributed by atoms with E-state index in [0.717, 1.165) is 5.56 Å². The molecule has 6 atom stereocenters. The molecule has 0 radical (unpaired) electrons. The van der Waals surface area contributed by atoms with Crippen LogP contribution < -0.4 is 10.1 Å². The fourth-order valence-corrected chi connectivity index (χ4v) is 6.81. The molecule has 0 amide bonds. The van der Waals surface area contributed by atoms with Gasteiger partial charge >= 0.3 is 0 Å². The number of carbonyl (C=O) groups excluding carboxylic acids is 3. The molecule has 1 fully saturated rings. The quantitative estimate of drug-likeness (QED) is 0.104. The van der Waals surface area contributed by atoms with Crippen LogP contribution in [0, 0.1) is 10.1 Å². The number of ether oxygens (including phenoxy) is 3. The Labute approximate surface area is 274 Å². The van der Waals surface area contributed by atoms with E-state index in [9.17, 15) is 44.9 Å². The van der Waals surface area contributed by atoms with Gasteiger partial charge in [0.05, 0.1) is 47.0 Å². The molecular formula is C34H34N2O12. The van der Waals surface area contributed by atoms with Gasteiger partial charge in [-0.2, -0.15) is 0 Å². The molecule has 14 nitrogen and oxygen atoms in total. The van der Waals surface area contributed by atoms with Crippen molar-refractivity contribution < 1.29 is 53.9 Å². The molecule has 0 unspecified atom stereocenters. The van der Waals surface area contributed by atoms with Crippen LogP contribution in [0.25, 0.3) is 0 Å². The number of Topliss-reactive ketones (excluding diaryl/α,β-unsaturated/α-hetero) is 1. The predicted molar refractivity (Wildman–Crippen MR) is 166 cm³/mol. The lowest BCUT2D eigenvalue weighted by molar-refractivity contribution is -0.384. The van der Waals surface area contributed by atoms with E-state index < -0.39 is 87.6 Å². The number of phenolic OH excluding ortho intramolecular Hbond substituents is 2. The third kappa shape index (κ3) is 5.50. The summed E-state index contributed by atoms with van der Waals surface area (Å²) < 4.78 is 17.5. The largest absolute Gasteiger partial charge is 0.507 e. The Bertz CT molecular complexity index is 1840. The zero-order valence-electron chi connectivity index (χ0n) is 26.3. The Balaban J connectivity index is 1.35. The molecule has 252 valence electrons. The summed E-state index contributed by atoms with van der Waals surface area (Å²) in [5.74, 6) is -3.35. The number of hydrogen-bond donors (Lipinski definition) is 5. The lowest BCUT2D eigenvalue weighted by atomic mass is 9.72. The summed E-state index contributed by atoms with van der Waals surface area (Å²) in [5, 5.41) is 59.8. The zero-order valence-corrected chi connectivity index (χ0v) is 26.3. The number of benzene rings is 3. The molecule has 0 bridgehead atoms. The standard InChI is InChI=1S/C34H34N2O12/c1-15-29(38)21(35-14-17-7-9-18(10-8-17)36(44)45)11-24(47-15)48-23-13-34(43,16(2)37)12-20-26(23)33(42)28-27(31(20)40)30(39)19-5-4-6-22(46-3)25(19)32(28)41/h4-10,15,21,23-24,29,35,38,40,42-43H,11-14H2,1-3H3/t15-,21-,23-,24-,29+,34-/m0/s1. The number of aromatic hydroxyl groups is 2. The van der Waals surface area contributed by atoms with Gasteiger partial charge in [0.2, 0.25) is 5.78 Å². The van der Waals surface area contributed by atoms with Crippen LogP contribution in [-0.4, -0.2) is 79.9 Å². The van der Waals surface area contributed by atoms with E-state index in [1.165, 1.54) is 44.4 Å². The second kappa shape index (κ2) is 12.4. The maximum absolute atomic E-state index is 13.8. The lowest BCUT2D eigenvalue weighted by Crippen LogP contribution is -2.54. The van der Waals surface area contributed by atoms with Gasteiger partial charge in [0.1, 0.15) is 22.8 Å². The molecule has 0 spiro atoms. The molecule has 48 heavy (non-hydrogen) atoms. The minimum absolute atomic E-state index is 0.0395. The molecule has 6 rings (SSSR count). The highest BCUT2D eigenvalue weighted by molar-refractivity contribution is 6.31. The van der Waals surface area contributed by atoms with E-state index in [2.05, 4.69) is 5.32 Å². The normalized spacial score (nSPS) is 26.3. The van der Waals surface area contributed by atoms with Crippen LogP contribution in [-0.2, 0) is 27.2 Å². The van der Waals surface area contributed by atoms with Crippen molar-refractivity contribution in [2.24, 2.45) is 0 Å². The van der Waals surface area contributed by atoms with Gasteiger partial charge in [-0.3, -0.25) is 24.5 Å². The molecule has 3 aliphatic rings. The van der Waals surface area contributed by atoms with Crippen molar-refractivity contribution in [1.82, 2.24) is 5.32 Å². The highest BCUT2D eigenvalue weighted by atomic mass is 16.7. The maximum atomic E-state index is 13.8. The van der Waals surface area contributed by atoms with Gasteiger partial charge in [-0.1, -0.05) is 24.3 Å². The maximum Gasteiger partial charge on any atom is 0.269 e. The van der Waals surface area contributed by atoms with Gasteiger partial charge in [0.25, 0.3) is 5.69 Å². The Hall–Kier alpha value is -4.73. The molecule has 14 heteroatoms. The van der Waals surface area contributed by atoms with Crippen LogP contribution >= 0.6 is 0 Å². The molecule has 1 saturated heterocycles. The van der Waals surface area contributed by atoms with Crippen molar-refractivity contribution in [3.05, 3.63) is 91.5 Å². The SMILES string of the molecule is COc1cccc2c1C(=O)c1c(O)c3c(c(O)c1C2=O)C[C@@](O)(C(C)=O)C[C@@H]3O[C@H]1C[C@H](NCc2ccc([N+](=O)[O-])cc2)[C@H](O)[C@H](C)O1. The number of rotatable bonds is 8. The minimum Gasteiger partial charge on any atom is -0.507 e. The van der Waals surface area contributed by atoms with Crippen molar-refractivity contribution in [3.63, 3.8) is 0 Å². The number of carbonyl (C=O) groups is 3. The molecular weight excluding hydrogens is 628 g/mol. The molecule has 1 aliphatic heterocycles. The predicted octanol–water partition coefficient (Wildman–Crippen LogP) is 2.77. The zero-order chi connectivity index (χ0) is 34.7. The van der Waals surface area contributed by atoms with Crippen molar-refractivity contribution in [2.75, 3.05) is 7.11 Å². The molecule has 0 aromatic heterocycles. The number of non-ortho nitro benzene ring substituents is 1. The molecule has 2 aliphatic carbocycles. The van der Waals surface area contributed by atoms with Gasteiger partial charge in [-0.25, -0.2) is 0 Å². The van der Waals surface area contributed by atoms with Gasteiger partial charge in [0, 0.05) is 60.7 Å². The van der Waals surface area contributed by atoms with Crippen LogP contribution in [0.3, 0.4) is 0 Å². The van der Waals surface area contributed by atoms with Crippen molar-refractivity contribution in [1.29, 1.82) is 0 Å². The molecule has 3 aromatic rings. The van der Waals surface area contributed by atoms with Crippen molar-refractivity contribution in [3.8, 4) is 17.2 Å². The summed E-state index contributed by atoms with van der Waals surface area (Å²) in [5.41, 5.74) is -2.63. The molecule has 5 N–H and O–H groups in total. The Morgan fingerprint density at radius 1 is 1.08 bits per heavy atom. The van der Waals surface area contributed by atoms with Gasteiger partial charge in [-0.05, 0) is 25.5 Å². The fourth-order valence-electron chi connectivity index (χ4n) is 6.81. The van der Waals surface area contributed by atoms with E-state index in [4.69, 9.17) is 14.2 Å². The lowest BCUT2D eigenvalue weighted by Gasteiger charge is -2.43. The second-order valence-corrected chi connectivity index (χ2v) is 12.4. The van der Waals surface area contributed by atoms with Gasteiger partial charge in [-0.15, -0.1) is 0 Å². The monoisotopic (exact) mass is 662 g/mol. The summed E-state index contributed by atoms with van der Waals surface area (Å²) in [7, 11) is 1.33. The van der Waals surface area contributed by atoms with Crippen LogP contribution in [0.5, 0.6) is 17.2 Å². The first kappa shape index (κ1) is 33.2. The Morgan fingerprint density at radius 3 is 2.42 bits per heavy atom. The van der Waals surface area contributed by atoms with Gasteiger partial charge in [0.15, 0.2) is 17.9 Å². The molecule has 1 heterocycles. The number of nitrogens with one attached hydrogen (secondary N) is 1. The summed E-state index contributed by atoms with van der Waals surface area (Å²) in [6.45, 7) is 3.04. The Kier molecular flexibility index (Phi) is 8.56. The Morgan fingerprint density at radius 2 is 1.77 bits per heavy atom. The third-order valence-corrected chi connectivity index (χ3v) is 9.47. The number of nitrogens with zero attached hydrogens (tertiary/aromatic N) is 1. The number of nitro groups is 1. The summed E-state index contributed by atoms with van der Waals surface area (Å²) in [4.78, 5) is 50.7. The first-order valence-electron chi connectivity index (χ1n) is 15.3. The van der Waals surface area contributed by atoms with E-state index in [1.54, 1.807) is 19.1 Å². The number of aliphatic hydroxyl groups is 2. The van der Waals surface area contributed by atoms with E-state index in [0.29, 0.717) is 0 Å². The highest BCUT2D eigenvalue weighted by Gasteiger charge is 2.49. The number of ketones is 3. The van der Waals surface area contributed by atoms with Crippen LogP contribution in [0.4, 0.5) is 5.69 Å². The molecule has 3 aromatic carbocycles. The number of phenols is 2. The van der Waals surface area contributed by atoms with Crippen LogP contribution in [0.2, 0.25) is 0 Å². The smallest absolute Gasteiger partial charge is 0.269 e. The topological polar surface area (TPSA) is 215 Å². The minimum atomic E-state index is -2.06. The van der Waals surface area contributed by atoms with E-state index in [1.807, 2.05) is 0 Å².